The lowest BCUT2D eigenvalue weighted by Crippen LogP contribution is -2.38. The highest BCUT2D eigenvalue weighted by atomic mass is 19.1. The molecule has 0 amide bonds. The van der Waals surface area contributed by atoms with Crippen LogP contribution < -0.4 is 11.2 Å². The quantitative estimate of drug-likeness (QED) is 0.797. The molecule has 18 heavy (non-hydrogen) atoms. The molecule has 0 bridgehead atoms. The number of aromatic amines is 1. The molecule has 0 spiro atoms. The number of rotatable bonds is 1. The molecule has 1 heterocycles. The van der Waals surface area contributed by atoms with Gasteiger partial charge in [-0.3, -0.25) is 14.3 Å². The van der Waals surface area contributed by atoms with Crippen molar-refractivity contribution in [2.24, 2.45) is 11.8 Å². The molecule has 5 nitrogen and oxygen atoms in total. The average molecular weight is 256 g/mol. The second kappa shape index (κ2) is 4.59. The van der Waals surface area contributed by atoms with Gasteiger partial charge in [-0.2, -0.15) is 4.39 Å². The first-order valence-corrected chi connectivity index (χ1v) is 6.16. The molecule has 1 aliphatic carbocycles. The second-order valence-electron chi connectivity index (χ2n) is 5.10. The Labute approximate surface area is 103 Å². The van der Waals surface area contributed by atoms with Gasteiger partial charge in [0.05, 0.1) is 0 Å². The lowest BCUT2D eigenvalue weighted by Gasteiger charge is -2.35. The molecule has 1 saturated carbocycles. The minimum Gasteiger partial charge on any atom is -0.492 e. The number of aromatic nitrogens is 2. The van der Waals surface area contributed by atoms with Crippen LogP contribution in [-0.2, 0) is 0 Å². The average Bonchev–Trinajstić information content (AvgIpc) is 2.32. The molecule has 1 aliphatic rings. The first-order valence-electron chi connectivity index (χ1n) is 6.16. The number of nitrogens with one attached hydrogen (secondary N) is 1. The molecule has 0 aromatic carbocycles. The summed E-state index contributed by atoms with van der Waals surface area (Å²) >= 11 is 0. The number of halogens is 1. The molecule has 0 aliphatic heterocycles. The normalized spacial score (nSPS) is 28.3. The molecule has 1 aromatic heterocycles. The summed E-state index contributed by atoms with van der Waals surface area (Å²) in [6.07, 6.45) is 2.67. The van der Waals surface area contributed by atoms with Crippen LogP contribution in [0.15, 0.2) is 9.59 Å². The highest BCUT2D eigenvalue weighted by Gasteiger charge is 2.31. The molecule has 2 N–H and O–H groups in total. The fourth-order valence-corrected chi connectivity index (χ4v) is 2.74. The van der Waals surface area contributed by atoms with E-state index < -0.39 is 22.9 Å². The molecule has 100 valence electrons. The van der Waals surface area contributed by atoms with Crippen molar-refractivity contribution in [3.8, 4) is 5.88 Å². The smallest absolute Gasteiger partial charge is 0.331 e. The molecule has 2 rings (SSSR count). The van der Waals surface area contributed by atoms with Crippen LogP contribution in [0.5, 0.6) is 5.88 Å². The van der Waals surface area contributed by atoms with Crippen molar-refractivity contribution in [3.63, 3.8) is 0 Å². The van der Waals surface area contributed by atoms with Gasteiger partial charge in [0.25, 0.3) is 5.56 Å². The van der Waals surface area contributed by atoms with E-state index in [-0.39, 0.29) is 12.0 Å². The lowest BCUT2D eigenvalue weighted by atomic mass is 9.78. The lowest BCUT2D eigenvalue weighted by molar-refractivity contribution is 0.166. The van der Waals surface area contributed by atoms with E-state index >= 15 is 0 Å². The van der Waals surface area contributed by atoms with Gasteiger partial charge >= 0.3 is 5.69 Å². The van der Waals surface area contributed by atoms with Gasteiger partial charge in [-0.15, -0.1) is 0 Å². The summed E-state index contributed by atoms with van der Waals surface area (Å²) in [4.78, 5) is 24.7. The summed E-state index contributed by atoms with van der Waals surface area (Å²) in [5.41, 5.74) is -1.92. The zero-order valence-electron chi connectivity index (χ0n) is 10.4. The molecular weight excluding hydrogens is 239 g/mol. The molecule has 1 fully saturated rings. The standard InChI is InChI=1S/C12H17FN2O3/c1-6-4-3-5-8(7(6)2)15-11(17)9(13)10(16)14-12(15)18/h6-8,17H,3-5H2,1-2H3,(H,14,16,18). The third-order valence-corrected chi connectivity index (χ3v) is 4.06. The monoisotopic (exact) mass is 256 g/mol. The van der Waals surface area contributed by atoms with E-state index in [1.54, 1.807) is 0 Å². The Morgan fingerprint density at radius 1 is 1.33 bits per heavy atom. The van der Waals surface area contributed by atoms with Crippen molar-refractivity contribution in [1.82, 2.24) is 9.55 Å². The van der Waals surface area contributed by atoms with Gasteiger partial charge in [-0.25, -0.2) is 4.79 Å². The maximum absolute atomic E-state index is 13.4. The molecule has 0 radical (unpaired) electrons. The number of aromatic hydroxyl groups is 1. The summed E-state index contributed by atoms with van der Waals surface area (Å²) in [5.74, 6) is -1.60. The van der Waals surface area contributed by atoms with Crippen LogP contribution in [0.1, 0.15) is 39.2 Å². The fraction of sp³-hybridized carbons (Fsp3) is 0.667. The predicted molar refractivity (Wildman–Crippen MR) is 64.2 cm³/mol. The number of nitrogens with zero attached hydrogens (tertiary/aromatic N) is 1. The van der Waals surface area contributed by atoms with Crippen molar-refractivity contribution >= 4 is 0 Å². The summed E-state index contributed by atoms with van der Waals surface area (Å²) in [6, 6.07) is -0.271. The Morgan fingerprint density at radius 2 is 2.00 bits per heavy atom. The predicted octanol–water partition coefficient (Wildman–Crippen LogP) is 1.38. The van der Waals surface area contributed by atoms with Crippen molar-refractivity contribution in [2.45, 2.75) is 39.2 Å². The van der Waals surface area contributed by atoms with Gasteiger partial charge in [-0.05, 0) is 18.3 Å². The second-order valence-corrected chi connectivity index (χ2v) is 5.10. The van der Waals surface area contributed by atoms with Gasteiger partial charge in [0.2, 0.25) is 11.7 Å². The van der Waals surface area contributed by atoms with Crippen LogP contribution in [0.25, 0.3) is 0 Å². The SMILES string of the molecule is CC1CCCC(n2c(O)c(F)c(=O)[nH]c2=O)C1C. The van der Waals surface area contributed by atoms with Gasteiger partial charge in [-0.1, -0.05) is 26.7 Å². The number of hydrogen-bond donors (Lipinski definition) is 2. The topological polar surface area (TPSA) is 75.1 Å². The largest absolute Gasteiger partial charge is 0.492 e. The Morgan fingerprint density at radius 3 is 2.67 bits per heavy atom. The van der Waals surface area contributed by atoms with Gasteiger partial charge in [0, 0.05) is 6.04 Å². The van der Waals surface area contributed by atoms with E-state index in [2.05, 4.69) is 6.92 Å². The zero-order chi connectivity index (χ0) is 13.4. The maximum Gasteiger partial charge on any atom is 0.331 e. The van der Waals surface area contributed by atoms with Crippen LogP contribution in [-0.4, -0.2) is 14.7 Å². The van der Waals surface area contributed by atoms with Gasteiger partial charge in [0.1, 0.15) is 0 Å². The Bertz CT molecular complexity index is 563. The van der Waals surface area contributed by atoms with Crippen molar-refractivity contribution in [3.05, 3.63) is 26.7 Å². The number of H-pyrrole nitrogens is 1. The van der Waals surface area contributed by atoms with E-state index in [1.807, 2.05) is 11.9 Å². The Balaban J connectivity index is 2.54. The minimum absolute atomic E-state index is 0.146. The maximum atomic E-state index is 13.4. The van der Waals surface area contributed by atoms with Gasteiger partial charge in [0.15, 0.2) is 0 Å². The van der Waals surface area contributed by atoms with E-state index in [4.69, 9.17) is 0 Å². The molecule has 6 heteroatoms. The number of hydrogen-bond acceptors (Lipinski definition) is 3. The van der Waals surface area contributed by atoms with Crippen LogP contribution >= 0.6 is 0 Å². The minimum atomic E-state index is -1.29. The van der Waals surface area contributed by atoms with E-state index in [0.717, 1.165) is 17.4 Å². The first-order chi connectivity index (χ1) is 8.43. The summed E-state index contributed by atoms with van der Waals surface area (Å²) in [7, 11) is 0. The molecule has 1 aromatic rings. The van der Waals surface area contributed by atoms with Crippen LogP contribution in [0, 0.1) is 17.7 Å². The highest BCUT2D eigenvalue weighted by molar-refractivity contribution is 5.11. The van der Waals surface area contributed by atoms with Crippen molar-refractivity contribution in [2.75, 3.05) is 0 Å². The molecule has 3 atom stereocenters. The molecule has 0 saturated heterocycles. The summed E-state index contributed by atoms with van der Waals surface area (Å²) < 4.78 is 14.4. The van der Waals surface area contributed by atoms with E-state index in [0.29, 0.717) is 12.3 Å². The molecular formula is C12H17FN2O3. The first kappa shape index (κ1) is 12.9. The Hall–Kier alpha value is -1.59. The van der Waals surface area contributed by atoms with Crippen LogP contribution in [0.3, 0.4) is 0 Å². The van der Waals surface area contributed by atoms with Crippen molar-refractivity contribution < 1.29 is 9.50 Å². The third kappa shape index (κ3) is 1.95. The van der Waals surface area contributed by atoms with Crippen LogP contribution in [0.2, 0.25) is 0 Å². The van der Waals surface area contributed by atoms with Crippen molar-refractivity contribution in [1.29, 1.82) is 0 Å². The summed E-state index contributed by atoms with van der Waals surface area (Å²) in [6.45, 7) is 4.05. The van der Waals surface area contributed by atoms with E-state index in [1.165, 1.54) is 0 Å². The fourth-order valence-electron chi connectivity index (χ4n) is 2.74. The highest BCUT2D eigenvalue weighted by Crippen LogP contribution is 2.38. The van der Waals surface area contributed by atoms with Crippen LogP contribution in [0.4, 0.5) is 4.39 Å². The molecule has 3 unspecified atom stereocenters. The van der Waals surface area contributed by atoms with E-state index in [9.17, 15) is 19.1 Å². The van der Waals surface area contributed by atoms with Gasteiger partial charge < -0.3 is 5.11 Å². The zero-order valence-corrected chi connectivity index (χ0v) is 10.4. The summed E-state index contributed by atoms with van der Waals surface area (Å²) in [5, 5.41) is 9.68. The third-order valence-electron chi connectivity index (χ3n) is 4.06. The Kier molecular flexibility index (Phi) is 3.28.